The molecule has 8 heteroatoms. The molecule has 0 saturated heterocycles. The fraction of sp³-hybridized carbons (Fsp3) is 0.600. The molecule has 0 aromatic rings. The second-order valence-electron chi connectivity index (χ2n) is 4.29. The Hall–Kier alpha value is -1.05. The Morgan fingerprint density at radius 3 is 1.72 bits per heavy atom. The normalized spacial score (nSPS) is 34.0. The largest absolute Gasteiger partial charge is 0.284 e. The van der Waals surface area contributed by atoms with Crippen molar-refractivity contribution in [2.45, 2.75) is 38.3 Å². The molecule has 0 saturated carbocycles. The van der Waals surface area contributed by atoms with Crippen molar-refractivity contribution >= 4 is 0 Å². The lowest BCUT2D eigenvalue weighted by molar-refractivity contribution is -0.223. The van der Waals surface area contributed by atoms with Crippen LogP contribution in [0, 0.1) is 0 Å². The summed E-state index contributed by atoms with van der Waals surface area (Å²) in [7, 11) is 0. The average Bonchev–Trinajstić information content (AvgIpc) is 2.31. The van der Waals surface area contributed by atoms with Crippen LogP contribution in [0.15, 0.2) is 23.3 Å². The van der Waals surface area contributed by atoms with Gasteiger partial charge < -0.3 is 0 Å². The number of allylic oxidation sites excluding steroid dienone is 2. The Morgan fingerprint density at radius 2 is 1.33 bits per heavy atom. The Labute approximate surface area is 98.5 Å². The van der Waals surface area contributed by atoms with Gasteiger partial charge in [0.25, 0.3) is 5.79 Å². The highest BCUT2D eigenvalue weighted by molar-refractivity contribution is 5.42. The first-order valence-electron chi connectivity index (χ1n) is 4.94. The van der Waals surface area contributed by atoms with Crippen molar-refractivity contribution in [1.29, 1.82) is 0 Å². The predicted octanol–water partition coefficient (Wildman–Crippen LogP) is 4.29. The van der Waals surface area contributed by atoms with E-state index < -0.39 is 45.9 Å². The van der Waals surface area contributed by atoms with Gasteiger partial charge in [0.15, 0.2) is 23.3 Å². The van der Waals surface area contributed by atoms with Crippen LogP contribution in [-0.2, 0) is 0 Å². The van der Waals surface area contributed by atoms with Crippen molar-refractivity contribution in [3.8, 4) is 0 Å². The summed E-state index contributed by atoms with van der Waals surface area (Å²) >= 11 is 0. The molecule has 0 aromatic carbocycles. The van der Waals surface area contributed by atoms with E-state index in [1.165, 1.54) is 0 Å². The highest BCUT2D eigenvalue weighted by Gasteiger charge is 2.67. The van der Waals surface area contributed by atoms with E-state index in [1.807, 2.05) is 0 Å². The second-order valence-corrected chi connectivity index (χ2v) is 4.29. The zero-order valence-electron chi connectivity index (χ0n) is 9.67. The van der Waals surface area contributed by atoms with Crippen LogP contribution in [0.5, 0.6) is 0 Å². The first-order valence-corrected chi connectivity index (χ1v) is 4.94. The lowest BCUT2D eigenvalue weighted by Gasteiger charge is -2.41. The summed E-state index contributed by atoms with van der Waals surface area (Å²) < 4.78 is 93.6. The minimum Gasteiger partial charge on any atom is -0.231 e. The molecule has 18 heavy (non-hydrogen) atoms. The van der Waals surface area contributed by atoms with E-state index in [0.29, 0.717) is 0 Å². The fourth-order valence-corrected chi connectivity index (χ4v) is 1.55. The maximum atomic E-state index is 14.1. The second kappa shape index (κ2) is 4.25. The van der Waals surface area contributed by atoms with Gasteiger partial charge in [-0.25, -0.2) is 26.3 Å². The van der Waals surface area contributed by atoms with E-state index in [4.69, 9.17) is 0 Å². The van der Waals surface area contributed by atoms with Crippen molar-refractivity contribution in [2.75, 3.05) is 0 Å². The highest BCUT2D eigenvalue weighted by atomic mass is 19.2. The predicted molar refractivity (Wildman–Crippen MR) is 49.9 cm³/mol. The van der Waals surface area contributed by atoms with Crippen molar-refractivity contribution in [2.24, 2.45) is 0 Å². The molecule has 0 N–H and O–H groups in total. The Bertz CT molecular complexity index is 426. The maximum absolute atomic E-state index is 14.1. The number of rotatable bonds is 2. The van der Waals surface area contributed by atoms with Crippen LogP contribution in [0.3, 0.4) is 0 Å². The molecule has 0 aliphatic heterocycles. The van der Waals surface area contributed by atoms with E-state index in [1.54, 1.807) is 0 Å². The van der Waals surface area contributed by atoms with Gasteiger partial charge in [-0.15, -0.1) is 4.48 Å². The molecule has 2 unspecified atom stereocenters. The smallest absolute Gasteiger partial charge is 0.231 e. The lowest BCUT2D eigenvalue weighted by atomic mass is 9.87. The third kappa shape index (κ3) is 1.65. The molecule has 0 aromatic heterocycles. The molecule has 0 heterocycles. The van der Waals surface area contributed by atoms with Gasteiger partial charge in [-0.2, -0.15) is 0 Å². The van der Waals surface area contributed by atoms with Crippen LogP contribution < -0.4 is 0 Å². The van der Waals surface area contributed by atoms with Gasteiger partial charge in [-0.3, -0.25) is 0 Å². The number of alkyl halides is 2. The van der Waals surface area contributed by atoms with E-state index in [-0.39, 0.29) is 6.92 Å². The Morgan fingerprint density at radius 1 is 0.944 bits per heavy atom. The molecular weight excluding hydrogens is 267 g/mol. The lowest BCUT2D eigenvalue weighted by Crippen LogP contribution is -2.59. The van der Waals surface area contributed by atoms with E-state index in [0.717, 1.165) is 13.8 Å². The van der Waals surface area contributed by atoms with Crippen LogP contribution in [0.25, 0.3) is 0 Å². The van der Waals surface area contributed by atoms with Crippen LogP contribution in [0.2, 0.25) is 0 Å². The number of hydrogen-bond donors (Lipinski definition) is 0. The molecule has 0 spiro atoms. The Kier molecular flexibility index (Phi) is 3.55. The summed E-state index contributed by atoms with van der Waals surface area (Å²) in [6, 6.07) is -1.43. The SMILES string of the molecule is CC(C)N(F)C1(F)C(F)=C(F)C(F)=C(F)C1(C)F. The minimum absolute atomic E-state index is 0.0862. The quantitative estimate of drug-likeness (QED) is 0.413. The first kappa shape index (κ1) is 15.0. The van der Waals surface area contributed by atoms with Gasteiger partial charge in [0.1, 0.15) is 0 Å². The van der Waals surface area contributed by atoms with Crippen molar-refractivity contribution < 1.29 is 30.8 Å². The Balaban J connectivity index is 3.55. The standard InChI is InChI=1S/C10H10F7N/c1-4(2)18(17)10(16)8(14)6(12)5(11)7(13)9(10,3)15/h4H,1-3H3. The summed E-state index contributed by atoms with van der Waals surface area (Å²) in [4.78, 5) is 0. The van der Waals surface area contributed by atoms with E-state index >= 15 is 0 Å². The first-order chi connectivity index (χ1) is 7.99. The zero-order chi connectivity index (χ0) is 14.5. The van der Waals surface area contributed by atoms with Crippen LogP contribution in [-0.4, -0.2) is 22.6 Å². The van der Waals surface area contributed by atoms with Crippen molar-refractivity contribution in [3.05, 3.63) is 23.3 Å². The van der Waals surface area contributed by atoms with Crippen LogP contribution in [0.4, 0.5) is 30.8 Å². The molecule has 0 bridgehead atoms. The molecule has 0 fully saturated rings. The van der Waals surface area contributed by atoms with E-state index in [2.05, 4.69) is 0 Å². The number of hydrogen-bond acceptors (Lipinski definition) is 1. The zero-order valence-corrected chi connectivity index (χ0v) is 9.67. The number of nitrogens with zero attached hydrogens (tertiary/aromatic N) is 1. The molecule has 1 aliphatic carbocycles. The summed E-state index contributed by atoms with van der Waals surface area (Å²) in [6.45, 7) is 2.08. The van der Waals surface area contributed by atoms with Gasteiger partial charge in [-0.05, 0) is 20.8 Å². The van der Waals surface area contributed by atoms with Gasteiger partial charge in [0.2, 0.25) is 5.67 Å². The third-order valence-corrected chi connectivity index (χ3v) is 2.65. The summed E-state index contributed by atoms with van der Waals surface area (Å²) in [5.41, 5.74) is -4.03. The summed E-state index contributed by atoms with van der Waals surface area (Å²) in [6.07, 6.45) is 0. The molecular formula is C10H10F7N. The van der Waals surface area contributed by atoms with Crippen LogP contribution >= 0.6 is 0 Å². The fourth-order valence-electron chi connectivity index (χ4n) is 1.55. The molecule has 1 rings (SSSR count). The highest BCUT2D eigenvalue weighted by Crippen LogP contribution is 2.53. The molecule has 0 radical (unpaired) electrons. The molecule has 2 atom stereocenters. The monoisotopic (exact) mass is 277 g/mol. The molecule has 1 nitrogen and oxygen atoms in total. The van der Waals surface area contributed by atoms with Gasteiger partial charge in [-0.1, -0.05) is 5.12 Å². The van der Waals surface area contributed by atoms with Crippen molar-refractivity contribution in [1.82, 2.24) is 5.12 Å². The van der Waals surface area contributed by atoms with E-state index in [9.17, 15) is 30.8 Å². The van der Waals surface area contributed by atoms with Crippen molar-refractivity contribution in [3.63, 3.8) is 0 Å². The van der Waals surface area contributed by atoms with Gasteiger partial charge >= 0.3 is 0 Å². The molecule has 0 amide bonds. The topological polar surface area (TPSA) is 3.24 Å². The maximum Gasteiger partial charge on any atom is 0.284 e. The third-order valence-electron chi connectivity index (χ3n) is 2.65. The van der Waals surface area contributed by atoms with Gasteiger partial charge in [0.05, 0.1) is 0 Å². The molecule has 1 aliphatic rings. The average molecular weight is 277 g/mol. The molecule has 104 valence electrons. The van der Waals surface area contributed by atoms with Gasteiger partial charge in [0, 0.05) is 6.04 Å². The number of halogens is 7. The summed E-state index contributed by atoms with van der Waals surface area (Å²) in [5.74, 6) is -14.7. The van der Waals surface area contributed by atoms with Crippen LogP contribution in [0.1, 0.15) is 20.8 Å². The summed E-state index contributed by atoms with van der Waals surface area (Å²) in [5, 5.41) is -1.03. The minimum atomic E-state index is -4.40.